The molecular formula is C23H34N2O3. The number of nitrogens with one attached hydrogen (secondary N) is 1. The Labute approximate surface area is 168 Å². The van der Waals surface area contributed by atoms with Gasteiger partial charge in [0.1, 0.15) is 5.75 Å². The number of benzene rings is 1. The number of hydrogen-bond donors (Lipinski definition) is 1. The van der Waals surface area contributed by atoms with Crippen molar-refractivity contribution < 1.29 is 14.3 Å². The first-order chi connectivity index (χ1) is 13.4. The van der Waals surface area contributed by atoms with Gasteiger partial charge in [0.15, 0.2) is 6.61 Å². The highest BCUT2D eigenvalue weighted by molar-refractivity contribution is 5.95. The third-order valence-corrected chi connectivity index (χ3v) is 6.68. The van der Waals surface area contributed by atoms with Gasteiger partial charge >= 0.3 is 0 Å². The van der Waals surface area contributed by atoms with E-state index in [0.717, 1.165) is 37.4 Å². The van der Waals surface area contributed by atoms with E-state index in [-0.39, 0.29) is 24.5 Å². The summed E-state index contributed by atoms with van der Waals surface area (Å²) in [4.78, 5) is 26.0. The lowest BCUT2D eigenvalue weighted by molar-refractivity contribution is -0.124. The molecule has 1 aromatic carbocycles. The van der Waals surface area contributed by atoms with E-state index in [1.807, 2.05) is 24.3 Å². The van der Waals surface area contributed by atoms with Crippen LogP contribution in [0.3, 0.4) is 0 Å². The number of nitrogens with zero attached hydrogens (tertiary/aromatic N) is 1. The fourth-order valence-corrected chi connectivity index (χ4v) is 4.39. The van der Waals surface area contributed by atoms with Crippen LogP contribution in [-0.4, -0.2) is 31.0 Å². The summed E-state index contributed by atoms with van der Waals surface area (Å²) in [5.41, 5.74) is 1.23. The minimum Gasteiger partial charge on any atom is -0.484 e. The molecule has 5 heteroatoms. The van der Waals surface area contributed by atoms with Crippen molar-refractivity contribution in [1.82, 2.24) is 5.32 Å². The van der Waals surface area contributed by atoms with E-state index in [2.05, 4.69) is 26.1 Å². The summed E-state index contributed by atoms with van der Waals surface area (Å²) < 4.78 is 5.69. The van der Waals surface area contributed by atoms with Gasteiger partial charge in [0.2, 0.25) is 5.91 Å². The summed E-state index contributed by atoms with van der Waals surface area (Å²) >= 11 is 0. The first-order valence-corrected chi connectivity index (χ1v) is 10.7. The van der Waals surface area contributed by atoms with E-state index in [1.54, 1.807) is 4.90 Å². The van der Waals surface area contributed by atoms with Gasteiger partial charge in [0.25, 0.3) is 5.91 Å². The van der Waals surface area contributed by atoms with Crippen LogP contribution < -0.4 is 15.0 Å². The van der Waals surface area contributed by atoms with Gasteiger partial charge in [0.05, 0.1) is 0 Å². The van der Waals surface area contributed by atoms with Gasteiger partial charge < -0.3 is 15.0 Å². The maximum atomic E-state index is 12.3. The maximum Gasteiger partial charge on any atom is 0.258 e. The predicted molar refractivity (Wildman–Crippen MR) is 111 cm³/mol. The molecule has 0 radical (unpaired) electrons. The molecule has 2 amide bonds. The highest BCUT2D eigenvalue weighted by Crippen LogP contribution is 2.40. The summed E-state index contributed by atoms with van der Waals surface area (Å²) in [6, 6.07) is 7.70. The molecule has 1 heterocycles. The molecule has 0 unspecified atom stereocenters. The van der Waals surface area contributed by atoms with Crippen LogP contribution in [0.5, 0.6) is 5.75 Å². The molecule has 2 aliphatic rings. The van der Waals surface area contributed by atoms with Crippen LogP contribution in [0.2, 0.25) is 0 Å². The number of amides is 2. The number of carbonyl (C=O) groups is 2. The van der Waals surface area contributed by atoms with Crippen LogP contribution in [0.4, 0.5) is 5.69 Å². The quantitative estimate of drug-likeness (QED) is 0.760. The Morgan fingerprint density at radius 3 is 2.64 bits per heavy atom. The molecule has 0 aromatic heterocycles. The summed E-state index contributed by atoms with van der Waals surface area (Å²) in [7, 11) is 0. The average Bonchev–Trinajstić information content (AvgIpc) is 3.13. The molecule has 0 spiro atoms. The zero-order valence-electron chi connectivity index (χ0n) is 17.5. The lowest BCUT2D eigenvalue weighted by atomic mass is 9.69. The lowest BCUT2D eigenvalue weighted by Gasteiger charge is -2.39. The molecule has 1 aliphatic heterocycles. The third-order valence-electron chi connectivity index (χ3n) is 6.68. The molecule has 1 saturated carbocycles. The zero-order valence-corrected chi connectivity index (χ0v) is 17.5. The minimum atomic E-state index is -0.0687. The largest absolute Gasteiger partial charge is 0.484 e. The highest BCUT2D eigenvalue weighted by Gasteiger charge is 2.32. The van der Waals surface area contributed by atoms with Gasteiger partial charge in [-0.1, -0.05) is 33.3 Å². The third kappa shape index (κ3) is 5.06. The molecule has 3 rings (SSSR count). The predicted octanol–water partition coefficient (Wildman–Crippen LogP) is 4.30. The molecule has 28 heavy (non-hydrogen) atoms. The van der Waals surface area contributed by atoms with Crippen molar-refractivity contribution in [3.05, 3.63) is 24.3 Å². The van der Waals surface area contributed by atoms with Crippen LogP contribution in [0.1, 0.15) is 65.7 Å². The summed E-state index contributed by atoms with van der Waals surface area (Å²) in [6.45, 7) is 7.74. The van der Waals surface area contributed by atoms with Crippen molar-refractivity contribution in [2.24, 2.45) is 11.3 Å². The van der Waals surface area contributed by atoms with Crippen molar-refractivity contribution in [3.8, 4) is 5.75 Å². The van der Waals surface area contributed by atoms with E-state index >= 15 is 0 Å². The van der Waals surface area contributed by atoms with Gasteiger partial charge in [-0.2, -0.15) is 0 Å². The smallest absolute Gasteiger partial charge is 0.258 e. The van der Waals surface area contributed by atoms with Gasteiger partial charge in [-0.15, -0.1) is 0 Å². The van der Waals surface area contributed by atoms with E-state index in [9.17, 15) is 9.59 Å². The second-order valence-corrected chi connectivity index (χ2v) is 8.89. The van der Waals surface area contributed by atoms with E-state index in [1.165, 1.54) is 19.3 Å². The average molecular weight is 387 g/mol. The first kappa shape index (κ1) is 20.7. The fraction of sp³-hybridized carbons (Fsp3) is 0.652. The Morgan fingerprint density at radius 2 is 2.00 bits per heavy atom. The molecule has 1 aliphatic carbocycles. The summed E-state index contributed by atoms with van der Waals surface area (Å²) in [5.74, 6) is 1.45. The fourth-order valence-electron chi connectivity index (χ4n) is 4.39. The van der Waals surface area contributed by atoms with Crippen molar-refractivity contribution in [2.75, 3.05) is 18.1 Å². The normalized spacial score (nSPS) is 23.0. The van der Waals surface area contributed by atoms with E-state index in [0.29, 0.717) is 17.6 Å². The van der Waals surface area contributed by atoms with E-state index < -0.39 is 0 Å². The molecule has 0 bridgehead atoms. The maximum absolute atomic E-state index is 12.3. The van der Waals surface area contributed by atoms with Gasteiger partial charge in [-0.25, -0.2) is 0 Å². The molecule has 154 valence electrons. The van der Waals surface area contributed by atoms with Gasteiger partial charge in [-0.3, -0.25) is 9.59 Å². The van der Waals surface area contributed by atoms with Crippen LogP contribution in [0, 0.1) is 11.3 Å². The van der Waals surface area contributed by atoms with Gasteiger partial charge in [0, 0.05) is 30.8 Å². The monoisotopic (exact) mass is 386 g/mol. The Balaban J connectivity index is 1.45. The number of anilines is 1. The van der Waals surface area contributed by atoms with E-state index in [4.69, 9.17) is 4.74 Å². The Hall–Kier alpha value is -2.04. The number of carbonyl (C=O) groups excluding carboxylic acids is 2. The summed E-state index contributed by atoms with van der Waals surface area (Å²) in [6.07, 6.45) is 7.15. The molecular weight excluding hydrogens is 352 g/mol. The second kappa shape index (κ2) is 8.97. The SMILES string of the molecule is CCC(C)(C)C1CCC(NC(=O)COc2cccc(N3CCCC3=O)c2)CC1. The van der Waals surface area contributed by atoms with Crippen LogP contribution in [0.25, 0.3) is 0 Å². The molecule has 1 N–H and O–H groups in total. The molecule has 1 aromatic rings. The standard InChI is InChI=1S/C23H34N2O3/c1-4-23(2,3)17-10-12-18(13-11-17)24-21(26)16-28-20-8-5-7-19(15-20)25-14-6-9-22(25)27/h5,7-8,15,17-18H,4,6,9-14,16H2,1-3H3,(H,24,26). The van der Waals surface area contributed by atoms with Crippen LogP contribution >= 0.6 is 0 Å². The highest BCUT2D eigenvalue weighted by atomic mass is 16.5. The first-order valence-electron chi connectivity index (χ1n) is 10.7. The van der Waals surface area contributed by atoms with Gasteiger partial charge in [-0.05, 0) is 55.6 Å². The van der Waals surface area contributed by atoms with Crippen molar-refractivity contribution in [3.63, 3.8) is 0 Å². The Bertz CT molecular complexity index is 693. The molecule has 5 nitrogen and oxygen atoms in total. The molecule has 2 fully saturated rings. The molecule has 1 saturated heterocycles. The Morgan fingerprint density at radius 1 is 1.25 bits per heavy atom. The lowest BCUT2D eigenvalue weighted by Crippen LogP contribution is -2.41. The zero-order chi connectivity index (χ0) is 20.1. The second-order valence-electron chi connectivity index (χ2n) is 8.89. The number of rotatable bonds is 7. The minimum absolute atomic E-state index is 0.0117. The Kier molecular flexibility index (Phi) is 6.63. The number of ether oxygens (including phenoxy) is 1. The topological polar surface area (TPSA) is 58.6 Å². The van der Waals surface area contributed by atoms with Crippen molar-refractivity contribution in [1.29, 1.82) is 0 Å². The van der Waals surface area contributed by atoms with Crippen molar-refractivity contribution in [2.45, 2.75) is 71.8 Å². The van der Waals surface area contributed by atoms with Crippen LogP contribution in [-0.2, 0) is 9.59 Å². The number of hydrogen-bond acceptors (Lipinski definition) is 3. The summed E-state index contributed by atoms with van der Waals surface area (Å²) in [5, 5.41) is 3.13. The molecule has 0 atom stereocenters. The van der Waals surface area contributed by atoms with Crippen molar-refractivity contribution >= 4 is 17.5 Å². The van der Waals surface area contributed by atoms with Crippen LogP contribution in [0.15, 0.2) is 24.3 Å².